The normalized spacial score (nSPS) is 11.3. The van der Waals surface area contributed by atoms with Crippen LogP contribution in [0.2, 0.25) is 0 Å². The molecule has 0 bridgehead atoms. The molecule has 2 amide bonds. The van der Waals surface area contributed by atoms with Crippen molar-refractivity contribution in [1.29, 1.82) is 0 Å². The van der Waals surface area contributed by atoms with E-state index in [1.807, 2.05) is 20.8 Å². The highest BCUT2D eigenvalue weighted by Gasteiger charge is 2.20. The van der Waals surface area contributed by atoms with Gasteiger partial charge in [0.2, 0.25) is 11.8 Å². The van der Waals surface area contributed by atoms with E-state index in [-0.39, 0.29) is 16.7 Å². The van der Waals surface area contributed by atoms with Crippen LogP contribution >= 0.6 is 11.3 Å². The van der Waals surface area contributed by atoms with Crippen molar-refractivity contribution in [3.63, 3.8) is 0 Å². The lowest BCUT2D eigenvalue weighted by molar-refractivity contribution is -0.128. The molecule has 2 rings (SSSR count). The number of hydrogen-bond acceptors (Lipinski definition) is 4. The fourth-order valence-electron chi connectivity index (χ4n) is 2.17. The molecule has 25 heavy (non-hydrogen) atoms. The zero-order valence-electron chi connectivity index (χ0n) is 14.5. The average molecular weight is 362 g/mol. The van der Waals surface area contributed by atoms with Gasteiger partial charge in [-0.2, -0.15) is 0 Å². The van der Waals surface area contributed by atoms with Gasteiger partial charge >= 0.3 is 5.97 Å². The highest BCUT2D eigenvalue weighted by atomic mass is 32.1. The van der Waals surface area contributed by atoms with Crippen molar-refractivity contribution >= 4 is 44.9 Å². The molecule has 1 heterocycles. The Morgan fingerprint density at radius 1 is 1.16 bits per heavy atom. The maximum Gasteiger partial charge on any atom is 0.345 e. The number of rotatable bonds is 6. The first-order chi connectivity index (χ1) is 11.7. The van der Waals surface area contributed by atoms with Crippen molar-refractivity contribution in [2.45, 2.75) is 33.6 Å². The number of fused-ring (bicyclic) bond motifs is 1. The molecule has 2 aromatic rings. The summed E-state index contributed by atoms with van der Waals surface area (Å²) in [4.78, 5) is 35.0. The third kappa shape index (κ3) is 5.29. The van der Waals surface area contributed by atoms with Crippen LogP contribution in [0.4, 0.5) is 5.69 Å². The summed E-state index contributed by atoms with van der Waals surface area (Å²) in [7, 11) is 0. The van der Waals surface area contributed by atoms with Gasteiger partial charge in [0.1, 0.15) is 4.88 Å². The summed E-state index contributed by atoms with van der Waals surface area (Å²) in [6.07, 6.45) is 0.851. The Labute approximate surface area is 150 Å². The predicted octanol–water partition coefficient (Wildman–Crippen LogP) is 3.48. The van der Waals surface area contributed by atoms with E-state index in [4.69, 9.17) is 5.11 Å². The molecule has 0 saturated heterocycles. The molecule has 134 valence electrons. The summed E-state index contributed by atoms with van der Waals surface area (Å²) in [6.45, 7) is 5.97. The van der Waals surface area contributed by atoms with Gasteiger partial charge in [0.05, 0.1) is 0 Å². The van der Waals surface area contributed by atoms with Crippen LogP contribution in [-0.2, 0) is 9.59 Å². The van der Waals surface area contributed by atoms with E-state index >= 15 is 0 Å². The second kappa shape index (κ2) is 7.65. The van der Waals surface area contributed by atoms with E-state index < -0.39 is 11.4 Å². The molecule has 1 aromatic heterocycles. The number of amides is 2. The van der Waals surface area contributed by atoms with Crippen LogP contribution < -0.4 is 10.6 Å². The van der Waals surface area contributed by atoms with Gasteiger partial charge in [-0.3, -0.25) is 9.59 Å². The van der Waals surface area contributed by atoms with Gasteiger partial charge in [-0.15, -0.1) is 11.3 Å². The molecule has 0 saturated carbocycles. The Morgan fingerprint density at radius 2 is 1.88 bits per heavy atom. The molecule has 0 radical (unpaired) electrons. The average Bonchev–Trinajstić information content (AvgIpc) is 2.94. The lowest BCUT2D eigenvalue weighted by atomic mass is 9.96. The van der Waals surface area contributed by atoms with Crippen molar-refractivity contribution in [3.05, 3.63) is 29.1 Å². The van der Waals surface area contributed by atoms with Gasteiger partial charge in [-0.05, 0) is 36.1 Å². The molecule has 7 heteroatoms. The van der Waals surface area contributed by atoms with Crippen LogP contribution in [0.15, 0.2) is 24.3 Å². The number of nitrogens with one attached hydrogen (secondary N) is 2. The maximum absolute atomic E-state index is 12.0. The van der Waals surface area contributed by atoms with Crippen LogP contribution in [0.5, 0.6) is 0 Å². The number of aromatic carboxylic acids is 1. The zero-order chi connectivity index (χ0) is 18.6. The van der Waals surface area contributed by atoms with Crippen molar-refractivity contribution in [2.24, 2.45) is 5.41 Å². The number of carbonyl (C=O) groups excluding carboxylic acids is 2. The number of hydrogen-bond donors (Lipinski definition) is 3. The number of carboxylic acid groups (broad SMARTS) is 1. The molecule has 3 N–H and O–H groups in total. The molecule has 1 aromatic carbocycles. The van der Waals surface area contributed by atoms with Crippen LogP contribution in [0.25, 0.3) is 10.1 Å². The topological polar surface area (TPSA) is 95.5 Å². The molecule has 0 spiro atoms. The minimum absolute atomic E-state index is 0.0370. The second-order valence-electron chi connectivity index (χ2n) is 6.83. The minimum Gasteiger partial charge on any atom is -0.477 e. The van der Waals surface area contributed by atoms with Gasteiger partial charge in [0.25, 0.3) is 0 Å². The second-order valence-corrected chi connectivity index (χ2v) is 7.91. The molecule has 0 unspecified atom stereocenters. The third-order valence-corrected chi connectivity index (χ3v) is 4.66. The molecule has 0 aliphatic heterocycles. The van der Waals surface area contributed by atoms with Gasteiger partial charge in [-0.1, -0.05) is 20.8 Å². The fraction of sp³-hybridized carbons (Fsp3) is 0.389. The van der Waals surface area contributed by atoms with Gasteiger partial charge in [-0.25, -0.2) is 4.79 Å². The SMILES string of the molecule is CC(C)(C)C(=O)NCCCC(=O)Nc1ccc2sc(C(=O)O)cc2c1. The lowest BCUT2D eigenvalue weighted by Crippen LogP contribution is -2.35. The Morgan fingerprint density at radius 3 is 2.52 bits per heavy atom. The Bertz CT molecular complexity index is 805. The van der Waals surface area contributed by atoms with Gasteiger partial charge < -0.3 is 15.7 Å². The third-order valence-electron chi connectivity index (χ3n) is 3.56. The molecule has 0 aliphatic carbocycles. The first-order valence-electron chi connectivity index (χ1n) is 8.02. The molecular weight excluding hydrogens is 340 g/mol. The van der Waals surface area contributed by atoms with E-state index in [2.05, 4.69) is 10.6 Å². The quantitative estimate of drug-likeness (QED) is 0.686. The Balaban J connectivity index is 1.85. The summed E-state index contributed by atoms with van der Waals surface area (Å²) in [5.41, 5.74) is 0.193. The molecule has 0 aliphatic rings. The van der Waals surface area contributed by atoms with Gasteiger partial charge in [0.15, 0.2) is 0 Å². The summed E-state index contributed by atoms with van der Waals surface area (Å²) in [5, 5.41) is 15.4. The van der Waals surface area contributed by atoms with Gasteiger partial charge in [0, 0.05) is 28.8 Å². The smallest absolute Gasteiger partial charge is 0.345 e. The van der Waals surface area contributed by atoms with E-state index in [9.17, 15) is 14.4 Å². The van der Waals surface area contributed by atoms with Crippen molar-refractivity contribution in [3.8, 4) is 0 Å². The Hall–Kier alpha value is -2.41. The first-order valence-corrected chi connectivity index (χ1v) is 8.83. The lowest BCUT2D eigenvalue weighted by Gasteiger charge is -2.17. The fourth-order valence-corrected chi connectivity index (χ4v) is 3.05. The van der Waals surface area contributed by atoms with Crippen molar-refractivity contribution in [2.75, 3.05) is 11.9 Å². The molecular formula is C18H22N2O4S. The van der Waals surface area contributed by atoms with Crippen molar-refractivity contribution in [1.82, 2.24) is 5.32 Å². The summed E-state index contributed by atoms with van der Waals surface area (Å²) in [5.74, 6) is -1.13. The van der Waals surface area contributed by atoms with Crippen molar-refractivity contribution < 1.29 is 19.5 Å². The number of thiophene rings is 1. The van der Waals surface area contributed by atoms with Crippen LogP contribution in [0, 0.1) is 5.41 Å². The highest BCUT2D eigenvalue weighted by molar-refractivity contribution is 7.20. The summed E-state index contributed by atoms with van der Waals surface area (Å²) >= 11 is 1.20. The summed E-state index contributed by atoms with van der Waals surface area (Å²) in [6, 6.07) is 6.91. The van der Waals surface area contributed by atoms with Crippen LogP contribution in [0.1, 0.15) is 43.3 Å². The predicted molar refractivity (Wildman–Crippen MR) is 99.1 cm³/mol. The number of carbonyl (C=O) groups is 3. The highest BCUT2D eigenvalue weighted by Crippen LogP contribution is 2.28. The Kier molecular flexibility index (Phi) is 5.79. The van der Waals surface area contributed by atoms with Crippen LogP contribution in [-0.4, -0.2) is 29.4 Å². The number of anilines is 1. The minimum atomic E-state index is -0.955. The zero-order valence-corrected chi connectivity index (χ0v) is 15.3. The number of benzene rings is 1. The number of carboxylic acids is 1. The standard InChI is InChI=1S/C18H22N2O4S/c1-18(2,3)17(24)19-8-4-5-15(21)20-12-6-7-13-11(9-12)10-14(25-13)16(22)23/h6-7,9-10H,4-5,8H2,1-3H3,(H,19,24)(H,20,21)(H,22,23). The summed E-state index contributed by atoms with van der Waals surface area (Å²) < 4.78 is 0.861. The monoisotopic (exact) mass is 362 g/mol. The molecule has 0 atom stereocenters. The first kappa shape index (κ1) is 18.9. The molecule has 0 fully saturated rings. The van der Waals surface area contributed by atoms with E-state index in [0.717, 1.165) is 10.1 Å². The van der Waals surface area contributed by atoms with E-state index in [1.165, 1.54) is 11.3 Å². The van der Waals surface area contributed by atoms with E-state index in [0.29, 0.717) is 25.1 Å². The molecule has 6 nitrogen and oxygen atoms in total. The van der Waals surface area contributed by atoms with Crippen LogP contribution in [0.3, 0.4) is 0 Å². The van der Waals surface area contributed by atoms with E-state index in [1.54, 1.807) is 24.3 Å². The largest absolute Gasteiger partial charge is 0.477 e. The maximum atomic E-state index is 12.0.